The second kappa shape index (κ2) is 5.36. The molecule has 0 heterocycles. The van der Waals surface area contributed by atoms with E-state index in [-0.39, 0.29) is 0 Å². The average Bonchev–Trinajstić information content (AvgIpc) is 1.27. The second-order valence-corrected chi connectivity index (χ2v) is 2.57. The van der Waals surface area contributed by atoms with Gasteiger partial charge in [-0.25, -0.2) is 0 Å². The highest BCUT2D eigenvalue weighted by Gasteiger charge is 1.84. The van der Waals surface area contributed by atoms with Gasteiger partial charge in [0.05, 0.1) is 0 Å². The minimum Gasteiger partial charge on any atom is -0.264 e. The van der Waals surface area contributed by atoms with E-state index < -0.39 is 10.4 Å². The lowest BCUT2D eigenvalue weighted by Crippen LogP contribution is -1.89. The van der Waals surface area contributed by atoms with Gasteiger partial charge in [-0.15, -0.1) is 0 Å². The minimum absolute atomic E-state index is 1.75. The van der Waals surface area contributed by atoms with Crippen LogP contribution in [0.5, 0.6) is 0 Å². The van der Waals surface area contributed by atoms with Crippen molar-refractivity contribution in [2.45, 2.75) is 0 Å². The first kappa shape index (κ1) is 11.1. The van der Waals surface area contributed by atoms with E-state index in [1.165, 1.54) is 0 Å². The molecule has 0 unspecified atom stereocenters. The zero-order valence-electron chi connectivity index (χ0n) is 4.53. The van der Waals surface area contributed by atoms with E-state index in [4.69, 9.17) is 17.5 Å². The van der Waals surface area contributed by atoms with E-state index in [1.54, 1.807) is 11.8 Å². The highest BCUT2D eigenvalue weighted by molar-refractivity contribution is 7.97. The summed E-state index contributed by atoms with van der Waals surface area (Å²) < 4.78 is 31.6. The number of hydrogen-bond donors (Lipinski definition) is 2. The number of thioether (sulfide) groups is 1. The van der Waals surface area contributed by atoms with Crippen LogP contribution in [0.3, 0.4) is 0 Å². The largest absolute Gasteiger partial charge is 0.394 e. The van der Waals surface area contributed by atoms with E-state index in [0.717, 1.165) is 0 Å². The predicted molar refractivity (Wildman–Crippen MR) is 33.6 cm³/mol. The Kier molecular flexibility index (Phi) is 7.42. The van der Waals surface area contributed by atoms with Crippen molar-refractivity contribution in [2.24, 2.45) is 0 Å². The van der Waals surface area contributed by atoms with Crippen LogP contribution >= 0.6 is 11.8 Å². The van der Waals surface area contributed by atoms with Crippen molar-refractivity contribution in [1.29, 1.82) is 0 Å². The molecular weight excluding hydrogens is 152 g/mol. The van der Waals surface area contributed by atoms with E-state index in [0.29, 0.717) is 0 Å². The maximum atomic E-state index is 8.74. The van der Waals surface area contributed by atoms with Crippen molar-refractivity contribution in [1.82, 2.24) is 0 Å². The molecule has 0 rings (SSSR count). The van der Waals surface area contributed by atoms with Crippen LogP contribution in [-0.2, 0) is 10.4 Å². The fraction of sp³-hybridized carbons (Fsp3) is 1.00. The molecule has 0 bridgehead atoms. The molecule has 8 heavy (non-hydrogen) atoms. The van der Waals surface area contributed by atoms with E-state index in [1.807, 2.05) is 12.5 Å². The molecule has 6 heteroatoms. The van der Waals surface area contributed by atoms with Crippen molar-refractivity contribution >= 4 is 22.2 Å². The van der Waals surface area contributed by atoms with E-state index in [2.05, 4.69) is 0 Å². The van der Waals surface area contributed by atoms with Crippen LogP contribution in [0.1, 0.15) is 0 Å². The molecule has 2 N–H and O–H groups in total. The third-order valence-corrected chi connectivity index (χ3v) is 0. The standard InChI is InChI=1S/C2H6S.H2O4S/c1-3-2;1-5(2,3)4/h1-2H3;(H2,1,2,3,4). The van der Waals surface area contributed by atoms with Crippen molar-refractivity contribution in [3.8, 4) is 0 Å². The summed E-state index contributed by atoms with van der Waals surface area (Å²) in [6.45, 7) is 0. The van der Waals surface area contributed by atoms with Crippen LogP contribution in [0.15, 0.2) is 0 Å². The first-order chi connectivity index (χ1) is 3.41. The normalized spacial score (nSPS) is 9.50. The molecule has 0 spiro atoms. The fourth-order valence-corrected chi connectivity index (χ4v) is 0. The van der Waals surface area contributed by atoms with Gasteiger partial charge in [-0.1, -0.05) is 0 Å². The molecule has 0 aromatic rings. The van der Waals surface area contributed by atoms with Crippen LogP contribution in [0.4, 0.5) is 0 Å². The summed E-state index contributed by atoms with van der Waals surface area (Å²) in [7, 11) is -4.67. The Morgan fingerprint density at radius 1 is 1.25 bits per heavy atom. The molecule has 0 amide bonds. The lowest BCUT2D eigenvalue weighted by molar-refractivity contribution is 0.381. The third-order valence-electron chi connectivity index (χ3n) is 0. The molecular formula is C2H8O4S2. The monoisotopic (exact) mass is 160 g/mol. The molecule has 0 aliphatic rings. The third kappa shape index (κ3) is 3500. The molecule has 0 aromatic carbocycles. The van der Waals surface area contributed by atoms with Gasteiger partial charge in [-0.2, -0.15) is 20.2 Å². The summed E-state index contributed by atoms with van der Waals surface area (Å²) in [5.74, 6) is 0. The van der Waals surface area contributed by atoms with Gasteiger partial charge in [-0.05, 0) is 12.5 Å². The molecule has 52 valence electrons. The lowest BCUT2D eigenvalue weighted by Gasteiger charge is -1.68. The smallest absolute Gasteiger partial charge is 0.264 e. The van der Waals surface area contributed by atoms with Crippen LogP contribution in [-0.4, -0.2) is 30.0 Å². The molecule has 0 aliphatic carbocycles. The Hall–Kier alpha value is 0.220. The first-order valence-electron chi connectivity index (χ1n) is 1.51. The quantitative estimate of drug-likeness (QED) is 0.499. The molecule has 0 saturated carbocycles. The zero-order chi connectivity index (χ0) is 7.21. The lowest BCUT2D eigenvalue weighted by atomic mass is 11.9. The second-order valence-electron chi connectivity index (χ2n) is 0.856. The van der Waals surface area contributed by atoms with Crippen LogP contribution in [0, 0.1) is 0 Å². The Labute approximate surface area is 52.9 Å². The molecule has 4 nitrogen and oxygen atoms in total. The van der Waals surface area contributed by atoms with Gasteiger partial charge in [0.15, 0.2) is 0 Å². The first-order valence-corrected chi connectivity index (χ1v) is 4.54. The zero-order valence-corrected chi connectivity index (χ0v) is 6.16. The highest BCUT2D eigenvalue weighted by Crippen LogP contribution is 1.70. The minimum atomic E-state index is -4.67. The summed E-state index contributed by atoms with van der Waals surface area (Å²) in [5, 5.41) is 0. The Morgan fingerprint density at radius 3 is 1.25 bits per heavy atom. The Morgan fingerprint density at radius 2 is 1.25 bits per heavy atom. The predicted octanol–water partition coefficient (Wildman–Crippen LogP) is 0.326. The molecule has 0 aromatic heterocycles. The molecule has 0 atom stereocenters. The fourth-order valence-electron chi connectivity index (χ4n) is 0. The Balaban J connectivity index is 0. The van der Waals surface area contributed by atoms with Crippen molar-refractivity contribution in [3.05, 3.63) is 0 Å². The van der Waals surface area contributed by atoms with Crippen LogP contribution in [0.25, 0.3) is 0 Å². The van der Waals surface area contributed by atoms with E-state index in [9.17, 15) is 0 Å². The summed E-state index contributed by atoms with van der Waals surface area (Å²) in [4.78, 5) is 0. The molecule has 0 fully saturated rings. The molecule has 0 saturated heterocycles. The van der Waals surface area contributed by atoms with Gasteiger partial charge in [0.2, 0.25) is 0 Å². The highest BCUT2D eigenvalue weighted by atomic mass is 32.3. The van der Waals surface area contributed by atoms with Gasteiger partial charge >= 0.3 is 10.4 Å². The van der Waals surface area contributed by atoms with Crippen molar-refractivity contribution in [3.63, 3.8) is 0 Å². The number of rotatable bonds is 0. The van der Waals surface area contributed by atoms with Crippen LogP contribution in [0.2, 0.25) is 0 Å². The average molecular weight is 160 g/mol. The van der Waals surface area contributed by atoms with Crippen molar-refractivity contribution in [2.75, 3.05) is 12.5 Å². The maximum absolute atomic E-state index is 8.74. The van der Waals surface area contributed by atoms with E-state index >= 15 is 0 Å². The Bertz CT molecular complexity index is 106. The summed E-state index contributed by atoms with van der Waals surface area (Å²) in [6.07, 6.45) is 4.08. The topological polar surface area (TPSA) is 74.6 Å². The summed E-state index contributed by atoms with van der Waals surface area (Å²) in [5.41, 5.74) is 0. The van der Waals surface area contributed by atoms with Crippen LogP contribution < -0.4 is 0 Å². The molecule has 0 radical (unpaired) electrons. The summed E-state index contributed by atoms with van der Waals surface area (Å²) in [6, 6.07) is 0. The van der Waals surface area contributed by atoms with Gasteiger partial charge in [0, 0.05) is 0 Å². The van der Waals surface area contributed by atoms with Crippen molar-refractivity contribution < 1.29 is 17.5 Å². The van der Waals surface area contributed by atoms with Gasteiger partial charge in [-0.3, -0.25) is 9.11 Å². The van der Waals surface area contributed by atoms with Gasteiger partial charge in [0.1, 0.15) is 0 Å². The summed E-state index contributed by atoms with van der Waals surface area (Å²) >= 11 is 1.75. The SMILES string of the molecule is CSC.O=S(=O)(O)O. The maximum Gasteiger partial charge on any atom is 0.394 e. The van der Waals surface area contributed by atoms with Gasteiger partial charge in [0.25, 0.3) is 0 Å². The molecule has 0 aliphatic heterocycles. The number of hydrogen-bond acceptors (Lipinski definition) is 3. The van der Waals surface area contributed by atoms with Gasteiger partial charge < -0.3 is 0 Å².